The van der Waals surface area contributed by atoms with E-state index < -0.39 is 0 Å². The van der Waals surface area contributed by atoms with Crippen LogP contribution in [0.15, 0.2) is 24.5 Å². The topological polar surface area (TPSA) is 55.4 Å². The molecule has 1 aromatic heterocycles. The number of benzene rings is 1. The van der Waals surface area contributed by atoms with E-state index in [1.165, 1.54) is 48.1 Å². The molecule has 0 amide bonds. The van der Waals surface area contributed by atoms with E-state index in [0.29, 0.717) is 12.6 Å². The van der Waals surface area contributed by atoms with Crippen LogP contribution in [0.25, 0.3) is 0 Å². The van der Waals surface area contributed by atoms with Gasteiger partial charge in [-0.1, -0.05) is 24.1 Å². The third kappa shape index (κ3) is 5.41. The fourth-order valence-corrected chi connectivity index (χ4v) is 4.15. The third-order valence-corrected chi connectivity index (χ3v) is 5.82. The lowest BCUT2D eigenvalue weighted by atomic mass is 9.96. The minimum atomic E-state index is 0.156. The molecule has 0 saturated carbocycles. The number of aromatic amines is 1. The highest BCUT2D eigenvalue weighted by molar-refractivity contribution is 5.38. The van der Waals surface area contributed by atoms with Gasteiger partial charge in [-0.25, -0.2) is 4.98 Å². The van der Waals surface area contributed by atoms with Crippen LogP contribution in [0.1, 0.15) is 54.3 Å². The number of aliphatic hydroxyl groups is 1. The molecule has 1 unspecified atom stereocenters. The van der Waals surface area contributed by atoms with E-state index in [1.54, 1.807) is 6.20 Å². The standard InChI is InChI=1S/C22H34N4O/c1-17-12-20(14-25(10-11-27)16-22-23-7-8-24-22)19(3)21(13-17)15-26-9-5-4-6-18(26)2/h7-8,12-13,18,27H,4-6,9-11,14-16H2,1-3H3,(H,23,24). The highest BCUT2D eigenvalue weighted by Gasteiger charge is 2.20. The minimum absolute atomic E-state index is 0.156. The van der Waals surface area contributed by atoms with Gasteiger partial charge in [0.15, 0.2) is 0 Å². The van der Waals surface area contributed by atoms with Crippen molar-refractivity contribution in [3.8, 4) is 0 Å². The van der Waals surface area contributed by atoms with Crippen LogP contribution in [0.5, 0.6) is 0 Å². The predicted molar refractivity (Wildman–Crippen MR) is 109 cm³/mol. The first-order chi connectivity index (χ1) is 13.1. The average Bonchev–Trinajstić information content (AvgIpc) is 3.14. The maximum Gasteiger partial charge on any atom is 0.120 e. The number of rotatable bonds is 8. The molecular formula is C22H34N4O. The number of H-pyrrole nitrogens is 1. The van der Waals surface area contributed by atoms with Crippen LogP contribution >= 0.6 is 0 Å². The van der Waals surface area contributed by atoms with Crippen LogP contribution in [0.2, 0.25) is 0 Å². The van der Waals surface area contributed by atoms with Gasteiger partial charge < -0.3 is 10.1 Å². The molecule has 1 aliphatic rings. The Bertz CT molecular complexity index is 713. The van der Waals surface area contributed by atoms with Crippen molar-refractivity contribution in [3.63, 3.8) is 0 Å². The minimum Gasteiger partial charge on any atom is -0.395 e. The molecule has 0 spiro atoms. The normalized spacial score (nSPS) is 18.3. The largest absolute Gasteiger partial charge is 0.395 e. The highest BCUT2D eigenvalue weighted by Crippen LogP contribution is 2.24. The van der Waals surface area contributed by atoms with Gasteiger partial charge in [-0.2, -0.15) is 0 Å². The fourth-order valence-electron chi connectivity index (χ4n) is 4.15. The summed E-state index contributed by atoms with van der Waals surface area (Å²) in [5, 5.41) is 9.49. The van der Waals surface area contributed by atoms with Gasteiger partial charge in [-0.3, -0.25) is 9.80 Å². The van der Waals surface area contributed by atoms with Crippen molar-refractivity contribution < 1.29 is 5.11 Å². The van der Waals surface area contributed by atoms with Crippen LogP contribution in [-0.2, 0) is 19.6 Å². The summed E-state index contributed by atoms with van der Waals surface area (Å²) in [6, 6.07) is 5.32. The molecule has 0 aliphatic carbocycles. The van der Waals surface area contributed by atoms with Gasteiger partial charge >= 0.3 is 0 Å². The molecule has 27 heavy (non-hydrogen) atoms. The second-order valence-electron chi connectivity index (χ2n) is 7.99. The summed E-state index contributed by atoms with van der Waals surface area (Å²) in [5.74, 6) is 0.941. The summed E-state index contributed by atoms with van der Waals surface area (Å²) in [4.78, 5) is 12.4. The number of imidazole rings is 1. The van der Waals surface area contributed by atoms with E-state index in [-0.39, 0.29) is 6.61 Å². The van der Waals surface area contributed by atoms with Gasteiger partial charge in [0.25, 0.3) is 0 Å². The molecule has 2 heterocycles. The molecule has 1 aliphatic heterocycles. The summed E-state index contributed by atoms with van der Waals surface area (Å²) in [6.07, 6.45) is 7.61. The van der Waals surface area contributed by atoms with Crippen LogP contribution in [-0.4, -0.2) is 50.6 Å². The first-order valence-electron chi connectivity index (χ1n) is 10.2. The van der Waals surface area contributed by atoms with E-state index in [1.807, 2.05) is 6.20 Å². The Labute approximate surface area is 163 Å². The van der Waals surface area contributed by atoms with E-state index in [4.69, 9.17) is 0 Å². The van der Waals surface area contributed by atoms with Crippen molar-refractivity contribution in [3.05, 3.63) is 52.6 Å². The first-order valence-corrected chi connectivity index (χ1v) is 10.2. The third-order valence-electron chi connectivity index (χ3n) is 5.82. The Morgan fingerprint density at radius 1 is 1.22 bits per heavy atom. The molecule has 3 rings (SSSR count). The van der Waals surface area contributed by atoms with E-state index in [2.05, 4.69) is 52.7 Å². The zero-order valence-electron chi connectivity index (χ0n) is 17.0. The second kappa shape index (κ2) is 9.49. The number of aryl methyl sites for hydroxylation is 1. The summed E-state index contributed by atoms with van der Waals surface area (Å²) in [6.45, 7) is 11.4. The number of likely N-dealkylation sites (tertiary alicyclic amines) is 1. The van der Waals surface area contributed by atoms with Crippen molar-refractivity contribution in [1.82, 2.24) is 19.8 Å². The Morgan fingerprint density at radius 3 is 2.74 bits per heavy atom. The lowest BCUT2D eigenvalue weighted by Crippen LogP contribution is -2.37. The summed E-state index contributed by atoms with van der Waals surface area (Å²) >= 11 is 0. The van der Waals surface area contributed by atoms with Crippen molar-refractivity contribution in [2.45, 2.75) is 65.7 Å². The van der Waals surface area contributed by atoms with Crippen LogP contribution < -0.4 is 0 Å². The molecule has 5 heteroatoms. The van der Waals surface area contributed by atoms with E-state index in [0.717, 1.165) is 25.5 Å². The van der Waals surface area contributed by atoms with Crippen LogP contribution in [0, 0.1) is 13.8 Å². The van der Waals surface area contributed by atoms with E-state index >= 15 is 0 Å². The molecule has 148 valence electrons. The second-order valence-corrected chi connectivity index (χ2v) is 7.99. The molecule has 0 bridgehead atoms. The smallest absolute Gasteiger partial charge is 0.120 e. The SMILES string of the molecule is Cc1cc(CN(CCO)Cc2ncc[nH]2)c(C)c(CN2CCCCC2C)c1. The van der Waals surface area contributed by atoms with Gasteiger partial charge in [0, 0.05) is 38.1 Å². The van der Waals surface area contributed by atoms with Crippen LogP contribution in [0.4, 0.5) is 0 Å². The van der Waals surface area contributed by atoms with Gasteiger partial charge in [-0.15, -0.1) is 0 Å². The number of hydrogen-bond donors (Lipinski definition) is 2. The number of piperidine rings is 1. The molecule has 1 aromatic carbocycles. The molecule has 5 nitrogen and oxygen atoms in total. The lowest BCUT2D eigenvalue weighted by molar-refractivity contribution is 0.152. The Balaban J connectivity index is 1.76. The van der Waals surface area contributed by atoms with Crippen molar-refractivity contribution >= 4 is 0 Å². The molecule has 2 aromatic rings. The maximum absolute atomic E-state index is 9.49. The number of nitrogens with one attached hydrogen (secondary N) is 1. The van der Waals surface area contributed by atoms with Crippen LogP contribution in [0.3, 0.4) is 0 Å². The zero-order valence-corrected chi connectivity index (χ0v) is 17.0. The van der Waals surface area contributed by atoms with Crippen molar-refractivity contribution in [2.75, 3.05) is 19.7 Å². The Morgan fingerprint density at radius 2 is 2.04 bits per heavy atom. The summed E-state index contributed by atoms with van der Waals surface area (Å²) < 4.78 is 0. The molecule has 1 atom stereocenters. The van der Waals surface area contributed by atoms with E-state index in [9.17, 15) is 5.11 Å². The highest BCUT2D eigenvalue weighted by atomic mass is 16.3. The van der Waals surface area contributed by atoms with Gasteiger partial charge in [0.05, 0.1) is 13.2 Å². The monoisotopic (exact) mass is 370 g/mol. The lowest BCUT2D eigenvalue weighted by Gasteiger charge is -2.34. The summed E-state index contributed by atoms with van der Waals surface area (Å²) in [5.41, 5.74) is 5.51. The number of aliphatic hydroxyl groups excluding tert-OH is 1. The molecule has 2 N–H and O–H groups in total. The van der Waals surface area contributed by atoms with Gasteiger partial charge in [0.2, 0.25) is 0 Å². The number of hydrogen-bond acceptors (Lipinski definition) is 4. The predicted octanol–water partition coefficient (Wildman–Crippen LogP) is 3.40. The molecule has 1 saturated heterocycles. The van der Waals surface area contributed by atoms with Crippen molar-refractivity contribution in [2.24, 2.45) is 0 Å². The molecular weight excluding hydrogens is 336 g/mol. The Kier molecular flexibility index (Phi) is 7.05. The number of aromatic nitrogens is 2. The molecule has 1 fully saturated rings. The quantitative estimate of drug-likeness (QED) is 0.748. The number of nitrogens with zero attached hydrogens (tertiary/aromatic N) is 3. The fraction of sp³-hybridized carbons (Fsp3) is 0.591. The maximum atomic E-state index is 9.49. The molecule has 0 radical (unpaired) electrons. The van der Waals surface area contributed by atoms with Gasteiger partial charge in [0.1, 0.15) is 5.82 Å². The zero-order chi connectivity index (χ0) is 19.2. The first kappa shape index (κ1) is 20.1. The average molecular weight is 371 g/mol. The van der Waals surface area contributed by atoms with Crippen molar-refractivity contribution in [1.29, 1.82) is 0 Å². The summed E-state index contributed by atoms with van der Waals surface area (Å²) in [7, 11) is 0. The Hall–Kier alpha value is -1.69. The van der Waals surface area contributed by atoms with Gasteiger partial charge in [-0.05, 0) is 56.8 Å².